The molecule has 2 heterocycles. The van der Waals surface area contributed by atoms with E-state index in [-0.39, 0.29) is 23.2 Å². The predicted molar refractivity (Wildman–Crippen MR) is 86.4 cm³/mol. The van der Waals surface area contributed by atoms with Crippen LogP contribution < -0.4 is 10.2 Å². The van der Waals surface area contributed by atoms with Crippen LogP contribution in [-0.2, 0) is 4.79 Å². The van der Waals surface area contributed by atoms with Gasteiger partial charge in [0.15, 0.2) is 5.13 Å². The molecule has 114 valence electrons. The van der Waals surface area contributed by atoms with Gasteiger partial charge in [0.2, 0.25) is 5.91 Å². The molecule has 1 aromatic carbocycles. The Morgan fingerprint density at radius 1 is 1.27 bits per heavy atom. The lowest BCUT2D eigenvalue weighted by Gasteiger charge is -2.42. The molecule has 1 saturated heterocycles. The SMILES string of the molecule is O=C1NC(=O)N(c2nc3ccccc3s2)C2CC(Cl)CCC12. The number of para-hydroxylation sites is 1. The third-order valence-electron chi connectivity index (χ3n) is 4.36. The van der Waals surface area contributed by atoms with Crippen molar-refractivity contribution in [2.75, 3.05) is 4.90 Å². The topological polar surface area (TPSA) is 62.3 Å². The second-order valence-corrected chi connectivity index (χ2v) is 7.34. The molecule has 1 saturated carbocycles. The Hall–Kier alpha value is -1.66. The molecule has 0 spiro atoms. The van der Waals surface area contributed by atoms with Gasteiger partial charge in [0, 0.05) is 5.38 Å². The summed E-state index contributed by atoms with van der Waals surface area (Å²) in [5.41, 5.74) is 0.863. The second-order valence-electron chi connectivity index (χ2n) is 5.71. The zero-order chi connectivity index (χ0) is 15.3. The van der Waals surface area contributed by atoms with Crippen molar-refractivity contribution in [3.8, 4) is 0 Å². The first-order valence-electron chi connectivity index (χ1n) is 7.27. The Kier molecular flexibility index (Phi) is 3.31. The molecule has 1 aliphatic carbocycles. The zero-order valence-electron chi connectivity index (χ0n) is 11.7. The zero-order valence-corrected chi connectivity index (χ0v) is 13.2. The molecule has 3 atom stereocenters. The third-order valence-corrected chi connectivity index (χ3v) is 5.79. The van der Waals surface area contributed by atoms with Gasteiger partial charge in [-0.1, -0.05) is 23.5 Å². The number of carbonyl (C=O) groups is 2. The fourth-order valence-electron chi connectivity index (χ4n) is 3.29. The van der Waals surface area contributed by atoms with Crippen LogP contribution in [0.15, 0.2) is 24.3 Å². The van der Waals surface area contributed by atoms with E-state index in [0.29, 0.717) is 18.0 Å². The van der Waals surface area contributed by atoms with Gasteiger partial charge in [-0.15, -0.1) is 11.6 Å². The summed E-state index contributed by atoms with van der Waals surface area (Å²) in [6.45, 7) is 0. The highest BCUT2D eigenvalue weighted by atomic mass is 35.5. The van der Waals surface area contributed by atoms with E-state index in [9.17, 15) is 9.59 Å². The summed E-state index contributed by atoms with van der Waals surface area (Å²) in [5, 5.41) is 3.09. The number of amides is 3. The number of aromatic nitrogens is 1. The molecule has 3 unspecified atom stereocenters. The van der Waals surface area contributed by atoms with E-state index < -0.39 is 6.03 Å². The minimum Gasteiger partial charge on any atom is -0.277 e. The molecule has 22 heavy (non-hydrogen) atoms. The van der Waals surface area contributed by atoms with Gasteiger partial charge in [0.25, 0.3) is 0 Å². The number of nitrogens with zero attached hydrogens (tertiary/aromatic N) is 2. The molecule has 1 N–H and O–H groups in total. The van der Waals surface area contributed by atoms with Crippen LogP contribution >= 0.6 is 22.9 Å². The fraction of sp³-hybridized carbons (Fsp3) is 0.400. The normalized spacial score (nSPS) is 28.6. The molecule has 2 aliphatic rings. The summed E-state index contributed by atoms with van der Waals surface area (Å²) in [6, 6.07) is 7.18. The quantitative estimate of drug-likeness (QED) is 0.814. The van der Waals surface area contributed by atoms with E-state index in [1.165, 1.54) is 11.3 Å². The van der Waals surface area contributed by atoms with Crippen LogP contribution in [0.25, 0.3) is 10.2 Å². The lowest BCUT2D eigenvalue weighted by Crippen LogP contribution is -2.62. The Labute approximate surface area is 136 Å². The molecule has 1 aliphatic heterocycles. The Morgan fingerprint density at radius 2 is 2.09 bits per heavy atom. The minimum absolute atomic E-state index is 0.00294. The van der Waals surface area contributed by atoms with Crippen molar-refractivity contribution in [1.82, 2.24) is 10.3 Å². The van der Waals surface area contributed by atoms with Crippen LogP contribution in [0.3, 0.4) is 0 Å². The van der Waals surface area contributed by atoms with Crippen LogP contribution in [0, 0.1) is 5.92 Å². The van der Waals surface area contributed by atoms with Crippen LogP contribution in [0.1, 0.15) is 19.3 Å². The monoisotopic (exact) mass is 335 g/mol. The Morgan fingerprint density at radius 3 is 2.91 bits per heavy atom. The smallest absolute Gasteiger partial charge is 0.277 e. The summed E-state index contributed by atoms with van der Waals surface area (Å²) < 4.78 is 1.02. The van der Waals surface area contributed by atoms with Crippen molar-refractivity contribution in [2.24, 2.45) is 5.92 Å². The molecule has 0 bridgehead atoms. The van der Waals surface area contributed by atoms with Gasteiger partial charge >= 0.3 is 6.03 Å². The Bertz CT molecular complexity index is 729. The predicted octanol–water partition coefficient (Wildman–Crippen LogP) is 3.13. The molecule has 0 radical (unpaired) electrons. The first-order chi connectivity index (χ1) is 10.6. The lowest BCUT2D eigenvalue weighted by atomic mass is 9.81. The number of hydrogen-bond acceptors (Lipinski definition) is 4. The van der Waals surface area contributed by atoms with Gasteiger partial charge in [-0.05, 0) is 31.4 Å². The minimum atomic E-state index is -0.393. The molecular weight excluding hydrogens is 322 g/mol. The van der Waals surface area contributed by atoms with Crippen LogP contribution in [0.4, 0.5) is 9.93 Å². The van der Waals surface area contributed by atoms with Crippen LogP contribution in [0.5, 0.6) is 0 Å². The van der Waals surface area contributed by atoms with E-state index in [2.05, 4.69) is 10.3 Å². The maximum Gasteiger partial charge on any atom is 0.330 e. The first-order valence-corrected chi connectivity index (χ1v) is 8.52. The number of hydrogen-bond donors (Lipinski definition) is 1. The number of halogens is 1. The maximum atomic E-state index is 12.4. The number of alkyl halides is 1. The van der Waals surface area contributed by atoms with Gasteiger partial charge in [0.1, 0.15) is 0 Å². The number of nitrogens with one attached hydrogen (secondary N) is 1. The summed E-state index contributed by atoms with van der Waals surface area (Å²) in [5.74, 6) is -0.379. The van der Waals surface area contributed by atoms with E-state index in [1.54, 1.807) is 4.90 Å². The third kappa shape index (κ3) is 2.18. The number of imide groups is 1. The number of benzene rings is 1. The van der Waals surface area contributed by atoms with Gasteiger partial charge in [-0.25, -0.2) is 9.78 Å². The number of carbonyl (C=O) groups excluding carboxylic acids is 2. The van der Waals surface area contributed by atoms with Gasteiger partial charge in [-0.3, -0.25) is 15.0 Å². The lowest BCUT2D eigenvalue weighted by molar-refractivity contribution is -0.126. The molecular formula is C15H14ClN3O2S. The van der Waals surface area contributed by atoms with Crippen LogP contribution in [0.2, 0.25) is 0 Å². The van der Waals surface area contributed by atoms with Crippen molar-refractivity contribution in [3.63, 3.8) is 0 Å². The van der Waals surface area contributed by atoms with E-state index in [0.717, 1.165) is 16.6 Å². The van der Waals surface area contributed by atoms with Crippen molar-refractivity contribution in [2.45, 2.75) is 30.7 Å². The molecule has 5 nitrogen and oxygen atoms in total. The molecule has 3 amide bonds. The largest absolute Gasteiger partial charge is 0.330 e. The van der Waals surface area contributed by atoms with Gasteiger partial charge < -0.3 is 0 Å². The van der Waals surface area contributed by atoms with Gasteiger partial charge in [-0.2, -0.15) is 0 Å². The fourth-order valence-corrected chi connectivity index (χ4v) is 4.62. The number of thiazole rings is 1. The van der Waals surface area contributed by atoms with E-state index >= 15 is 0 Å². The summed E-state index contributed by atoms with van der Waals surface area (Å²) in [7, 11) is 0. The summed E-state index contributed by atoms with van der Waals surface area (Å²) >= 11 is 7.74. The Balaban J connectivity index is 1.77. The summed E-state index contributed by atoms with van der Waals surface area (Å²) in [6.07, 6.45) is 2.14. The van der Waals surface area contributed by atoms with Crippen molar-refractivity contribution in [1.29, 1.82) is 0 Å². The van der Waals surface area contributed by atoms with Gasteiger partial charge in [0.05, 0.1) is 22.2 Å². The number of urea groups is 1. The van der Waals surface area contributed by atoms with Crippen molar-refractivity contribution < 1.29 is 9.59 Å². The van der Waals surface area contributed by atoms with E-state index in [4.69, 9.17) is 11.6 Å². The van der Waals surface area contributed by atoms with Crippen molar-refractivity contribution in [3.05, 3.63) is 24.3 Å². The average molecular weight is 336 g/mol. The number of anilines is 1. The molecule has 7 heteroatoms. The second kappa shape index (κ2) is 5.21. The van der Waals surface area contributed by atoms with Crippen LogP contribution in [-0.4, -0.2) is 28.3 Å². The molecule has 2 aromatic rings. The molecule has 2 fully saturated rings. The first kappa shape index (κ1) is 14.0. The standard InChI is InChI=1S/C15H14ClN3O2S/c16-8-5-6-9-11(7-8)19(14(21)18-13(9)20)15-17-10-3-1-2-4-12(10)22-15/h1-4,8-9,11H,5-7H2,(H,18,20,21). The van der Waals surface area contributed by atoms with E-state index in [1.807, 2.05) is 24.3 Å². The summed E-state index contributed by atoms with van der Waals surface area (Å²) in [4.78, 5) is 30.6. The number of rotatable bonds is 1. The number of fused-ring (bicyclic) bond motifs is 2. The average Bonchev–Trinajstić information content (AvgIpc) is 2.90. The molecule has 4 rings (SSSR count). The molecule has 1 aromatic heterocycles. The maximum absolute atomic E-state index is 12.4. The highest BCUT2D eigenvalue weighted by Gasteiger charge is 2.46. The highest BCUT2D eigenvalue weighted by Crippen LogP contribution is 2.39. The van der Waals surface area contributed by atoms with Crippen molar-refractivity contribution >= 4 is 50.2 Å². The highest BCUT2D eigenvalue weighted by molar-refractivity contribution is 7.22.